The van der Waals surface area contributed by atoms with E-state index in [1.165, 1.54) is 6.07 Å². The van der Waals surface area contributed by atoms with Gasteiger partial charge in [-0.3, -0.25) is 5.32 Å². The van der Waals surface area contributed by atoms with Gasteiger partial charge < -0.3 is 10.8 Å². The number of amides is 1. The van der Waals surface area contributed by atoms with E-state index in [1.54, 1.807) is 6.07 Å². The first kappa shape index (κ1) is 13.8. The summed E-state index contributed by atoms with van der Waals surface area (Å²) in [6.07, 6.45) is -1.20. The molecule has 2 aromatic carbocycles. The maximum Gasteiger partial charge on any atom is 0.409 e. The van der Waals surface area contributed by atoms with Crippen LogP contribution in [0.15, 0.2) is 42.5 Å². The van der Waals surface area contributed by atoms with E-state index >= 15 is 0 Å². The molecule has 0 spiro atoms. The van der Waals surface area contributed by atoms with Crippen molar-refractivity contribution in [2.45, 2.75) is 0 Å². The Bertz CT molecular complexity index is 703. The van der Waals surface area contributed by atoms with Gasteiger partial charge in [0.25, 0.3) is 0 Å². The number of anilines is 2. The van der Waals surface area contributed by atoms with Crippen molar-refractivity contribution >= 4 is 29.1 Å². The zero-order valence-corrected chi connectivity index (χ0v) is 11.1. The molecule has 5 heteroatoms. The molecule has 0 aromatic heterocycles. The molecule has 4 N–H and O–H groups in total. The van der Waals surface area contributed by atoms with Crippen LogP contribution in [0.25, 0.3) is 0 Å². The molecule has 0 atom stereocenters. The number of hydrogen-bond donors (Lipinski definition) is 3. The monoisotopic (exact) mass is 286 g/mol. The highest BCUT2D eigenvalue weighted by atomic mass is 35.5. The first-order chi connectivity index (χ1) is 9.56. The Kier molecular flexibility index (Phi) is 4.14. The summed E-state index contributed by atoms with van der Waals surface area (Å²) in [5.74, 6) is 5.88. The van der Waals surface area contributed by atoms with Gasteiger partial charge in [0.05, 0.1) is 16.4 Å². The number of carboxylic acid groups (broad SMARTS) is 1. The number of nitrogens with one attached hydrogen (secondary N) is 1. The molecule has 0 radical (unpaired) electrons. The summed E-state index contributed by atoms with van der Waals surface area (Å²) in [4.78, 5) is 10.6. The van der Waals surface area contributed by atoms with E-state index in [4.69, 9.17) is 22.4 Å². The van der Waals surface area contributed by atoms with Crippen LogP contribution in [-0.4, -0.2) is 11.2 Å². The fourth-order valence-electron chi connectivity index (χ4n) is 1.57. The van der Waals surface area contributed by atoms with Crippen LogP contribution in [0.1, 0.15) is 11.1 Å². The summed E-state index contributed by atoms with van der Waals surface area (Å²) in [6, 6.07) is 12.4. The number of nitrogen functional groups attached to an aromatic ring is 1. The van der Waals surface area contributed by atoms with Crippen LogP contribution in [0.2, 0.25) is 5.02 Å². The first-order valence-electron chi connectivity index (χ1n) is 5.72. The van der Waals surface area contributed by atoms with Gasteiger partial charge in [-0.1, -0.05) is 41.6 Å². The van der Waals surface area contributed by atoms with Crippen LogP contribution < -0.4 is 11.1 Å². The van der Waals surface area contributed by atoms with E-state index in [1.807, 2.05) is 30.3 Å². The topological polar surface area (TPSA) is 75.3 Å². The SMILES string of the molecule is Nc1cc(C#Cc2ccccc2)c(Cl)cc1NC(=O)O. The van der Waals surface area contributed by atoms with Crippen LogP contribution in [0, 0.1) is 11.8 Å². The largest absolute Gasteiger partial charge is 0.465 e. The standard InChI is InChI=1S/C15H11ClN2O2/c16-12-9-14(18-15(19)20)13(17)8-11(12)7-6-10-4-2-1-3-5-10/h1-5,8-9,18H,17H2,(H,19,20). The Hall–Kier alpha value is -2.64. The van der Waals surface area contributed by atoms with Gasteiger partial charge in [0, 0.05) is 11.1 Å². The zero-order chi connectivity index (χ0) is 14.5. The minimum atomic E-state index is -1.20. The second-order valence-electron chi connectivity index (χ2n) is 3.97. The minimum Gasteiger partial charge on any atom is -0.465 e. The molecule has 2 aromatic rings. The molecule has 2 rings (SSSR count). The molecular weight excluding hydrogens is 276 g/mol. The lowest BCUT2D eigenvalue weighted by Gasteiger charge is -2.07. The van der Waals surface area contributed by atoms with Gasteiger partial charge in [-0.25, -0.2) is 4.79 Å². The van der Waals surface area contributed by atoms with Crippen molar-refractivity contribution in [1.29, 1.82) is 0 Å². The number of benzene rings is 2. The average Bonchev–Trinajstić information content (AvgIpc) is 2.41. The number of carbonyl (C=O) groups is 1. The van der Waals surface area contributed by atoms with Crippen molar-refractivity contribution in [2.75, 3.05) is 11.1 Å². The zero-order valence-electron chi connectivity index (χ0n) is 10.4. The lowest BCUT2D eigenvalue weighted by Crippen LogP contribution is -2.09. The number of rotatable bonds is 1. The molecular formula is C15H11ClN2O2. The quantitative estimate of drug-likeness (QED) is 0.555. The number of halogens is 1. The predicted octanol–water partition coefficient (Wildman–Crippen LogP) is 3.41. The van der Waals surface area contributed by atoms with Gasteiger partial charge in [0.15, 0.2) is 0 Å². The average molecular weight is 287 g/mol. The summed E-state index contributed by atoms with van der Waals surface area (Å²) in [6.45, 7) is 0. The van der Waals surface area contributed by atoms with Gasteiger partial charge >= 0.3 is 6.09 Å². The molecule has 0 saturated carbocycles. The third kappa shape index (κ3) is 3.44. The highest BCUT2D eigenvalue weighted by Crippen LogP contribution is 2.27. The minimum absolute atomic E-state index is 0.243. The molecule has 0 aliphatic carbocycles. The summed E-state index contributed by atoms with van der Waals surface area (Å²) >= 11 is 6.06. The number of nitrogens with two attached hydrogens (primary N) is 1. The fraction of sp³-hybridized carbons (Fsp3) is 0. The van der Waals surface area contributed by atoms with Crippen LogP contribution >= 0.6 is 11.6 Å². The molecule has 0 fully saturated rings. The van der Waals surface area contributed by atoms with E-state index < -0.39 is 6.09 Å². The molecule has 0 saturated heterocycles. The van der Waals surface area contributed by atoms with Crippen LogP contribution in [-0.2, 0) is 0 Å². The van der Waals surface area contributed by atoms with E-state index in [-0.39, 0.29) is 11.4 Å². The number of hydrogen-bond acceptors (Lipinski definition) is 2. The van der Waals surface area contributed by atoms with Crippen molar-refractivity contribution in [3.8, 4) is 11.8 Å². The van der Waals surface area contributed by atoms with Crippen LogP contribution in [0.5, 0.6) is 0 Å². The molecule has 20 heavy (non-hydrogen) atoms. The van der Waals surface area contributed by atoms with E-state index in [0.29, 0.717) is 10.6 Å². The Morgan fingerprint density at radius 1 is 1.20 bits per heavy atom. The first-order valence-corrected chi connectivity index (χ1v) is 6.10. The van der Waals surface area contributed by atoms with E-state index in [9.17, 15) is 4.79 Å². The lowest BCUT2D eigenvalue weighted by molar-refractivity contribution is 0.210. The summed E-state index contributed by atoms with van der Waals surface area (Å²) < 4.78 is 0. The van der Waals surface area contributed by atoms with Gasteiger partial charge in [0.2, 0.25) is 0 Å². The lowest BCUT2D eigenvalue weighted by atomic mass is 10.1. The van der Waals surface area contributed by atoms with Crippen molar-refractivity contribution in [1.82, 2.24) is 0 Å². The van der Waals surface area contributed by atoms with Crippen molar-refractivity contribution in [3.63, 3.8) is 0 Å². The molecule has 1 amide bonds. The van der Waals surface area contributed by atoms with Crippen LogP contribution in [0.3, 0.4) is 0 Å². The van der Waals surface area contributed by atoms with Gasteiger partial charge in [-0.2, -0.15) is 0 Å². The summed E-state index contributed by atoms with van der Waals surface area (Å²) in [5, 5.41) is 11.2. The molecule has 0 unspecified atom stereocenters. The fourth-order valence-corrected chi connectivity index (χ4v) is 1.78. The Morgan fingerprint density at radius 2 is 1.90 bits per heavy atom. The van der Waals surface area contributed by atoms with Crippen molar-refractivity contribution in [2.24, 2.45) is 0 Å². The highest BCUT2D eigenvalue weighted by Gasteiger charge is 2.07. The third-order valence-electron chi connectivity index (χ3n) is 2.50. The highest BCUT2D eigenvalue weighted by molar-refractivity contribution is 6.32. The van der Waals surface area contributed by atoms with Gasteiger partial charge in [-0.05, 0) is 24.3 Å². The predicted molar refractivity (Wildman–Crippen MR) is 79.9 cm³/mol. The second-order valence-corrected chi connectivity index (χ2v) is 4.37. The van der Waals surface area contributed by atoms with Gasteiger partial charge in [0.1, 0.15) is 0 Å². The maximum atomic E-state index is 10.6. The van der Waals surface area contributed by atoms with Crippen molar-refractivity contribution < 1.29 is 9.90 Å². The third-order valence-corrected chi connectivity index (χ3v) is 2.81. The molecule has 0 bridgehead atoms. The Labute approximate surface area is 121 Å². The molecule has 0 aliphatic rings. The normalized spacial score (nSPS) is 9.45. The van der Waals surface area contributed by atoms with Crippen molar-refractivity contribution in [3.05, 3.63) is 58.6 Å². The molecule has 0 heterocycles. The molecule has 100 valence electrons. The van der Waals surface area contributed by atoms with Crippen LogP contribution in [0.4, 0.5) is 16.2 Å². The van der Waals surface area contributed by atoms with E-state index in [0.717, 1.165) is 5.56 Å². The second kappa shape index (κ2) is 6.00. The molecule has 0 aliphatic heterocycles. The Balaban J connectivity index is 2.33. The summed E-state index contributed by atoms with van der Waals surface area (Å²) in [7, 11) is 0. The van der Waals surface area contributed by atoms with Gasteiger partial charge in [-0.15, -0.1) is 0 Å². The molecule has 4 nitrogen and oxygen atoms in total. The Morgan fingerprint density at radius 3 is 2.55 bits per heavy atom. The van der Waals surface area contributed by atoms with E-state index in [2.05, 4.69) is 17.2 Å². The summed E-state index contributed by atoms with van der Waals surface area (Å²) in [5.41, 5.74) is 7.67. The smallest absolute Gasteiger partial charge is 0.409 e. The maximum absolute atomic E-state index is 10.6.